The number of ether oxygens (including phenoxy) is 3. The molecule has 2 aromatic rings. The van der Waals surface area contributed by atoms with Crippen LogP contribution in [0.5, 0.6) is 11.5 Å². The Kier molecular flexibility index (Phi) is 6.39. The first-order valence-corrected chi connectivity index (χ1v) is 7.73. The van der Waals surface area contributed by atoms with Crippen molar-refractivity contribution in [3.63, 3.8) is 0 Å². The third-order valence-corrected chi connectivity index (χ3v) is 3.71. The average Bonchev–Trinajstić information content (AvgIpc) is 2.67. The first-order chi connectivity index (χ1) is 12.1. The first-order valence-electron chi connectivity index (χ1n) is 7.73. The second-order valence-corrected chi connectivity index (χ2v) is 5.31. The first kappa shape index (κ1) is 18.3. The minimum absolute atomic E-state index is 0.269. The highest BCUT2D eigenvalue weighted by molar-refractivity contribution is 5.96. The summed E-state index contributed by atoms with van der Waals surface area (Å²) in [5.41, 5.74) is 1.28. The Morgan fingerprint density at radius 1 is 0.960 bits per heavy atom. The van der Waals surface area contributed by atoms with Gasteiger partial charge in [-0.15, -0.1) is 0 Å². The Balaban J connectivity index is 2.18. The number of rotatable bonds is 7. The van der Waals surface area contributed by atoms with Crippen LogP contribution in [0.15, 0.2) is 48.5 Å². The van der Waals surface area contributed by atoms with E-state index in [4.69, 9.17) is 14.2 Å². The number of carbonyl (C=O) groups is 2. The highest BCUT2D eigenvalue weighted by Gasteiger charge is 2.23. The van der Waals surface area contributed by atoms with Gasteiger partial charge >= 0.3 is 5.97 Å². The van der Waals surface area contributed by atoms with Crippen LogP contribution in [0.1, 0.15) is 15.9 Å². The van der Waals surface area contributed by atoms with Crippen molar-refractivity contribution in [3.8, 4) is 11.5 Å². The molecule has 1 amide bonds. The molecule has 2 aromatic carbocycles. The van der Waals surface area contributed by atoms with Gasteiger partial charge in [-0.05, 0) is 29.8 Å². The van der Waals surface area contributed by atoms with Crippen LogP contribution in [0, 0.1) is 0 Å². The molecule has 0 saturated carbocycles. The number of benzene rings is 2. The van der Waals surface area contributed by atoms with E-state index in [0.717, 1.165) is 5.56 Å². The second-order valence-electron chi connectivity index (χ2n) is 5.31. The molecule has 0 bridgehead atoms. The number of amides is 1. The van der Waals surface area contributed by atoms with E-state index in [0.29, 0.717) is 17.1 Å². The third-order valence-electron chi connectivity index (χ3n) is 3.71. The summed E-state index contributed by atoms with van der Waals surface area (Å²) < 4.78 is 15.3. The fraction of sp³-hybridized carbons (Fsp3) is 0.263. The normalized spacial score (nSPS) is 11.3. The molecule has 0 aromatic heterocycles. The lowest BCUT2D eigenvalue weighted by Crippen LogP contribution is -2.43. The third kappa shape index (κ3) is 4.73. The molecular formula is C19H21NO5. The summed E-state index contributed by atoms with van der Waals surface area (Å²) in [6.45, 7) is 0. The van der Waals surface area contributed by atoms with E-state index < -0.39 is 12.0 Å². The summed E-state index contributed by atoms with van der Waals surface area (Å²) >= 11 is 0. The highest BCUT2D eigenvalue weighted by Crippen LogP contribution is 2.28. The van der Waals surface area contributed by atoms with Gasteiger partial charge < -0.3 is 19.5 Å². The van der Waals surface area contributed by atoms with Crippen LogP contribution in [-0.2, 0) is 16.0 Å². The molecule has 6 nitrogen and oxygen atoms in total. The van der Waals surface area contributed by atoms with Crippen molar-refractivity contribution in [3.05, 3.63) is 59.7 Å². The fourth-order valence-corrected chi connectivity index (χ4v) is 2.41. The molecule has 2 rings (SSSR count). The predicted molar refractivity (Wildman–Crippen MR) is 93.0 cm³/mol. The molecule has 0 saturated heterocycles. The summed E-state index contributed by atoms with van der Waals surface area (Å²) in [5, 5.41) is 2.71. The Morgan fingerprint density at radius 2 is 1.64 bits per heavy atom. The van der Waals surface area contributed by atoms with Gasteiger partial charge in [0, 0.05) is 12.0 Å². The summed E-state index contributed by atoms with van der Waals surface area (Å²) in [4.78, 5) is 24.4. The quantitative estimate of drug-likeness (QED) is 0.781. The molecule has 0 aliphatic heterocycles. The van der Waals surface area contributed by atoms with Crippen molar-refractivity contribution in [2.75, 3.05) is 21.3 Å². The van der Waals surface area contributed by atoms with Crippen molar-refractivity contribution in [2.45, 2.75) is 12.5 Å². The maximum atomic E-state index is 12.3. The van der Waals surface area contributed by atoms with Gasteiger partial charge in [-0.2, -0.15) is 0 Å². The van der Waals surface area contributed by atoms with Gasteiger partial charge in [0.25, 0.3) is 5.91 Å². The number of hydrogen-bond acceptors (Lipinski definition) is 5. The highest BCUT2D eigenvalue weighted by atomic mass is 16.5. The summed E-state index contributed by atoms with van der Waals surface area (Å²) in [6.07, 6.45) is 0.269. The van der Waals surface area contributed by atoms with Crippen molar-refractivity contribution in [1.82, 2.24) is 5.32 Å². The van der Waals surface area contributed by atoms with Crippen molar-refractivity contribution >= 4 is 11.9 Å². The number of nitrogens with one attached hydrogen (secondary N) is 1. The molecule has 0 fully saturated rings. The molecule has 25 heavy (non-hydrogen) atoms. The van der Waals surface area contributed by atoms with Gasteiger partial charge in [0.05, 0.1) is 21.3 Å². The maximum absolute atomic E-state index is 12.3. The van der Waals surface area contributed by atoms with Crippen LogP contribution < -0.4 is 14.8 Å². The van der Waals surface area contributed by atoms with E-state index in [1.807, 2.05) is 12.1 Å². The number of methoxy groups -OCH3 is 3. The maximum Gasteiger partial charge on any atom is 0.328 e. The van der Waals surface area contributed by atoms with Gasteiger partial charge in [0.15, 0.2) is 11.5 Å². The zero-order valence-electron chi connectivity index (χ0n) is 14.4. The predicted octanol–water partition coefficient (Wildman–Crippen LogP) is 2.22. The minimum Gasteiger partial charge on any atom is -0.493 e. The van der Waals surface area contributed by atoms with E-state index in [1.165, 1.54) is 14.2 Å². The zero-order valence-corrected chi connectivity index (χ0v) is 14.4. The molecule has 1 N–H and O–H groups in total. The fourth-order valence-electron chi connectivity index (χ4n) is 2.41. The van der Waals surface area contributed by atoms with Crippen LogP contribution in [0.2, 0.25) is 0 Å². The van der Waals surface area contributed by atoms with Crippen LogP contribution >= 0.6 is 0 Å². The molecule has 132 valence electrons. The molecule has 0 unspecified atom stereocenters. The standard InChI is InChI=1S/C19H21NO5/c1-23-16-10-9-13(12-17(16)24-2)11-15(19(22)25-3)20-18(21)14-7-5-4-6-8-14/h4-10,12,15H,11H2,1-3H3,(H,20,21)/t15-/m0/s1. The largest absolute Gasteiger partial charge is 0.493 e. The molecule has 0 aliphatic rings. The lowest BCUT2D eigenvalue weighted by atomic mass is 10.0. The van der Waals surface area contributed by atoms with E-state index in [2.05, 4.69) is 5.32 Å². The lowest BCUT2D eigenvalue weighted by molar-refractivity contribution is -0.142. The number of esters is 1. The summed E-state index contributed by atoms with van der Waals surface area (Å²) in [5.74, 6) is 0.294. The van der Waals surface area contributed by atoms with Crippen molar-refractivity contribution in [2.24, 2.45) is 0 Å². The SMILES string of the molecule is COC(=O)[C@H](Cc1ccc(OC)c(OC)c1)NC(=O)c1ccccc1. The van der Waals surface area contributed by atoms with E-state index in [-0.39, 0.29) is 12.3 Å². The Morgan fingerprint density at radius 3 is 2.24 bits per heavy atom. The van der Waals surface area contributed by atoms with Crippen LogP contribution in [0.3, 0.4) is 0 Å². The monoisotopic (exact) mass is 343 g/mol. The van der Waals surface area contributed by atoms with Crippen LogP contribution in [0.4, 0.5) is 0 Å². The average molecular weight is 343 g/mol. The zero-order chi connectivity index (χ0) is 18.2. The van der Waals surface area contributed by atoms with Crippen LogP contribution in [-0.4, -0.2) is 39.2 Å². The van der Waals surface area contributed by atoms with Crippen molar-refractivity contribution < 1.29 is 23.8 Å². The lowest BCUT2D eigenvalue weighted by Gasteiger charge is -2.17. The topological polar surface area (TPSA) is 73.9 Å². The van der Waals surface area contributed by atoms with Crippen molar-refractivity contribution in [1.29, 1.82) is 0 Å². The van der Waals surface area contributed by atoms with Gasteiger partial charge in [-0.3, -0.25) is 4.79 Å². The molecule has 0 radical (unpaired) electrons. The van der Waals surface area contributed by atoms with Gasteiger partial charge in [0.2, 0.25) is 0 Å². The van der Waals surface area contributed by atoms with Gasteiger partial charge in [0.1, 0.15) is 6.04 Å². The molecule has 6 heteroatoms. The van der Waals surface area contributed by atoms with E-state index in [9.17, 15) is 9.59 Å². The smallest absolute Gasteiger partial charge is 0.328 e. The number of carbonyl (C=O) groups excluding carboxylic acids is 2. The summed E-state index contributed by atoms with van der Waals surface area (Å²) in [7, 11) is 4.38. The molecule has 1 atom stereocenters. The Bertz CT molecular complexity index is 730. The minimum atomic E-state index is -0.809. The van der Waals surface area contributed by atoms with Gasteiger partial charge in [-0.25, -0.2) is 4.79 Å². The second kappa shape index (κ2) is 8.73. The molecule has 0 heterocycles. The molecule has 0 spiro atoms. The molecular weight excluding hydrogens is 322 g/mol. The van der Waals surface area contributed by atoms with E-state index >= 15 is 0 Å². The van der Waals surface area contributed by atoms with Gasteiger partial charge in [-0.1, -0.05) is 24.3 Å². The Labute approximate surface area is 146 Å². The summed E-state index contributed by atoms with van der Waals surface area (Å²) in [6, 6.07) is 13.2. The van der Waals surface area contributed by atoms with Crippen LogP contribution in [0.25, 0.3) is 0 Å². The Hall–Kier alpha value is -3.02. The van der Waals surface area contributed by atoms with E-state index in [1.54, 1.807) is 43.5 Å². The molecule has 0 aliphatic carbocycles. The number of hydrogen-bond donors (Lipinski definition) is 1.